The third-order valence-corrected chi connectivity index (χ3v) is 2.29. The van der Waals surface area contributed by atoms with Crippen molar-refractivity contribution in [3.05, 3.63) is 12.2 Å². The van der Waals surface area contributed by atoms with E-state index in [2.05, 4.69) is 11.3 Å². The van der Waals surface area contributed by atoms with Crippen LogP contribution in [-0.2, 0) is 19.1 Å². The first kappa shape index (κ1) is 13.7. The largest absolute Gasteiger partial charge is 0.466 e. The summed E-state index contributed by atoms with van der Waals surface area (Å²) in [5.74, 6) is -0.896. The first-order chi connectivity index (χ1) is 6.85. The molecule has 0 aromatic heterocycles. The number of carbonyl (C=O) groups is 2. The summed E-state index contributed by atoms with van der Waals surface area (Å²) in [4.78, 5) is 22.4. The molecule has 4 heteroatoms. The van der Waals surface area contributed by atoms with Gasteiger partial charge in [-0.15, -0.1) is 0 Å². The fraction of sp³-hybridized carbons (Fsp3) is 0.636. The molecule has 0 spiro atoms. The summed E-state index contributed by atoms with van der Waals surface area (Å²) < 4.78 is 9.37. The molecule has 4 nitrogen and oxygen atoms in total. The Kier molecular flexibility index (Phi) is 5.05. The van der Waals surface area contributed by atoms with E-state index in [0.29, 0.717) is 6.42 Å². The minimum absolute atomic E-state index is 0.116. The molecule has 86 valence electrons. The number of hydrogen-bond acceptors (Lipinski definition) is 4. The van der Waals surface area contributed by atoms with Crippen LogP contribution in [0.25, 0.3) is 0 Å². The fourth-order valence-electron chi connectivity index (χ4n) is 0.696. The molecule has 0 aliphatic rings. The smallest absolute Gasteiger partial charge is 0.336 e. The highest BCUT2D eigenvalue weighted by Crippen LogP contribution is 2.21. The van der Waals surface area contributed by atoms with E-state index in [1.165, 1.54) is 7.11 Å². The van der Waals surface area contributed by atoms with Gasteiger partial charge in [0.25, 0.3) is 0 Å². The molecule has 0 atom stereocenters. The van der Waals surface area contributed by atoms with Crippen LogP contribution in [0.2, 0.25) is 0 Å². The zero-order valence-electron chi connectivity index (χ0n) is 9.75. The Balaban J connectivity index is 4.13. The summed E-state index contributed by atoms with van der Waals surface area (Å²) in [5.41, 5.74) is -0.395. The van der Waals surface area contributed by atoms with Gasteiger partial charge in [-0.25, -0.2) is 4.79 Å². The SMILES string of the molecule is C=C(COC(=O)C(C)(C)CC)C(=O)OC. The van der Waals surface area contributed by atoms with Gasteiger partial charge in [-0.1, -0.05) is 13.5 Å². The minimum Gasteiger partial charge on any atom is -0.466 e. The van der Waals surface area contributed by atoms with Crippen LogP contribution in [0.3, 0.4) is 0 Å². The number of hydrogen-bond donors (Lipinski definition) is 0. The molecule has 0 aromatic rings. The Morgan fingerprint density at radius 3 is 2.27 bits per heavy atom. The topological polar surface area (TPSA) is 52.6 Å². The molecule has 0 saturated heterocycles. The summed E-state index contributed by atoms with van der Waals surface area (Å²) >= 11 is 0. The number of carbonyl (C=O) groups excluding carboxylic acids is 2. The van der Waals surface area contributed by atoms with Crippen molar-refractivity contribution in [3.63, 3.8) is 0 Å². The van der Waals surface area contributed by atoms with Crippen molar-refractivity contribution in [2.45, 2.75) is 27.2 Å². The van der Waals surface area contributed by atoms with Crippen LogP contribution >= 0.6 is 0 Å². The lowest BCUT2D eigenvalue weighted by molar-refractivity contribution is -0.153. The Labute approximate surface area is 90.2 Å². The lowest BCUT2D eigenvalue weighted by Gasteiger charge is -2.20. The fourth-order valence-corrected chi connectivity index (χ4v) is 0.696. The van der Waals surface area contributed by atoms with E-state index in [9.17, 15) is 9.59 Å². The summed E-state index contributed by atoms with van der Waals surface area (Å²) in [7, 11) is 1.26. The van der Waals surface area contributed by atoms with E-state index in [1.54, 1.807) is 13.8 Å². The van der Waals surface area contributed by atoms with Crippen molar-refractivity contribution in [2.75, 3.05) is 13.7 Å². The number of methoxy groups -OCH3 is 1. The lowest BCUT2D eigenvalue weighted by atomic mass is 9.91. The normalized spacial score (nSPS) is 10.7. The highest BCUT2D eigenvalue weighted by molar-refractivity contribution is 5.88. The predicted molar refractivity (Wildman–Crippen MR) is 56.2 cm³/mol. The molecule has 0 unspecified atom stereocenters. The Morgan fingerprint density at radius 2 is 1.87 bits per heavy atom. The minimum atomic E-state index is -0.558. The molecule has 15 heavy (non-hydrogen) atoms. The Morgan fingerprint density at radius 1 is 1.33 bits per heavy atom. The van der Waals surface area contributed by atoms with E-state index in [-0.39, 0.29) is 18.1 Å². The first-order valence-corrected chi connectivity index (χ1v) is 4.78. The van der Waals surface area contributed by atoms with Crippen molar-refractivity contribution >= 4 is 11.9 Å². The van der Waals surface area contributed by atoms with Crippen molar-refractivity contribution in [1.29, 1.82) is 0 Å². The maximum atomic E-state index is 11.5. The molecule has 0 amide bonds. The Bertz CT molecular complexity index is 266. The molecule has 0 heterocycles. The van der Waals surface area contributed by atoms with E-state index < -0.39 is 11.4 Å². The standard InChI is InChI=1S/C11H18O4/c1-6-11(3,4)10(13)15-7-8(2)9(12)14-5/h2,6-7H2,1,3-5H3. The molecule has 0 aliphatic carbocycles. The number of rotatable bonds is 5. The molecule has 0 N–H and O–H groups in total. The monoisotopic (exact) mass is 214 g/mol. The van der Waals surface area contributed by atoms with Gasteiger partial charge in [-0.05, 0) is 20.3 Å². The van der Waals surface area contributed by atoms with Crippen LogP contribution in [0.15, 0.2) is 12.2 Å². The van der Waals surface area contributed by atoms with E-state index in [1.807, 2.05) is 6.92 Å². The average molecular weight is 214 g/mol. The molecule has 0 rings (SSSR count). The third-order valence-electron chi connectivity index (χ3n) is 2.29. The van der Waals surface area contributed by atoms with Gasteiger partial charge in [-0.2, -0.15) is 0 Å². The van der Waals surface area contributed by atoms with Gasteiger partial charge in [0.05, 0.1) is 18.1 Å². The number of ether oxygens (including phenoxy) is 2. The second-order valence-corrected chi connectivity index (χ2v) is 3.91. The second kappa shape index (κ2) is 5.53. The Hall–Kier alpha value is -1.32. The van der Waals surface area contributed by atoms with Crippen LogP contribution in [-0.4, -0.2) is 25.7 Å². The molecule has 0 aliphatic heterocycles. The van der Waals surface area contributed by atoms with Crippen LogP contribution in [0, 0.1) is 5.41 Å². The highest BCUT2D eigenvalue weighted by Gasteiger charge is 2.27. The quantitative estimate of drug-likeness (QED) is 0.516. The van der Waals surface area contributed by atoms with Crippen LogP contribution < -0.4 is 0 Å². The highest BCUT2D eigenvalue weighted by atomic mass is 16.5. The van der Waals surface area contributed by atoms with Crippen molar-refractivity contribution in [1.82, 2.24) is 0 Å². The van der Waals surface area contributed by atoms with Gasteiger partial charge >= 0.3 is 11.9 Å². The average Bonchev–Trinajstić information content (AvgIpc) is 2.23. The summed E-state index contributed by atoms with van der Waals surface area (Å²) in [6.07, 6.45) is 0.677. The lowest BCUT2D eigenvalue weighted by Crippen LogP contribution is -2.27. The third kappa shape index (κ3) is 4.14. The first-order valence-electron chi connectivity index (χ1n) is 4.78. The van der Waals surface area contributed by atoms with Crippen LogP contribution in [0.5, 0.6) is 0 Å². The summed E-state index contributed by atoms with van der Waals surface area (Å²) in [6, 6.07) is 0. The maximum Gasteiger partial charge on any atom is 0.336 e. The predicted octanol–water partition coefficient (Wildman–Crippen LogP) is 1.70. The molecule has 0 bridgehead atoms. The molecular weight excluding hydrogens is 196 g/mol. The summed E-state index contributed by atoms with van der Waals surface area (Å²) in [6.45, 7) is 8.81. The van der Waals surface area contributed by atoms with E-state index >= 15 is 0 Å². The van der Waals surface area contributed by atoms with Gasteiger partial charge in [-0.3, -0.25) is 4.79 Å². The van der Waals surface area contributed by atoms with Gasteiger partial charge in [0.1, 0.15) is 6.61 Å². The molecule has 0 fully saturated rings. The number of esters is 2. The van der Waals surface area contributed by atoms with Crippen molar-refractivity contribution in [3.8, 4) is 0 Å². The zero-order chi connectivity index (χ0) is 12.1. The van der Waals surface area contributed by atoms with Gasteiger partial charge < -0.3 is 9.47 Å². The van der Waals surface area contributed by atoms with Crippen molar-refractivity contribution < 1.29 is 19.1 Å². The molecule has 0 saturated carbocycles. The molecule has 0 aromatic carbocycles. The summed E-state index contributed by atoms with van der Waals surface area (Å²) in [5, 5.41) is 0. The van der Waals surface area contributed by atoms with Crippen molar-refractivity contribution in [2.24, 2.45) is 5.41 Å². The maximum absolute atomic E-state index is 11.5. The van der Waals surface area contributed by atoms with Crippen LogP contribution in [0.4, 0.5) is 0 Å². The van der Waals surface area contributed by atoms with Gasteiger partial charge in [0.2, 0.25) is 0 Å². The molecular formula is C11H18O4. The van der Waals surface area contributed by atoms with Gasteiger partial charge in [0.15, 0.2) is 0 Å². The van der Waals surface area contributed by atoms with Gasteiger partial charge in [0, 0.05) is 0 Å². The second-order valence-electron chi connectivity index (χ2n) is 3.91. The van der Waals surface area contributed by atoms with Crippen LogP contribution in [0.1, 0.15) is 27.2 Å². The van der Waals surface area contributed by atoms with E-state index in [4.69, 9.17) is 4.74 Å². The zero-order valence-corrected chi connectivity index (χ0v) is 9.75. The van der Waals surface area contributed by atoms with E-state index in [0.717, 1.165) is 0 Å². The molecule has 0 radical (unpaired) electrons.